The number of aliphatic hydroxyl groups is 1. The molecule has 0 heterocycles. The van der Waals surface area contributed by atoms with Crippen LogP contribution in [0.15, 0.2) is 0 Å². The van der Waals surface area contributed by atoms with Crippen LogP contribution in [0.1, 0.15) is 421 Å². The Morgan fingerprint density at radius 3 is 0.614 bits per heavy atom. The van der Waals surface area contributed by atoms with Gasteiger partial charge < -0.3 is 33.8 Å². The summed E-state index contributed by atoms with van der Waals surface area (Å²) in [5, 5.41) is 10.6. The fraction of sp³-hybridized carbons (Fsp3) is 0.951. The van der Waals surface area contributed by atoms with Crippen molar-refractivity contribution in [2.24, 2.45) is 23.7 Å². The number of phosphoric ester groups is 2. The lowest BCUT2D eigenvalue weighted by Gasteiger charge is -2.21. The zero-order chi connectivity index (χ0) is 74.6. The predicted molar refractivity (Wildman–Crippen MR) is 414 cm³/mol. The van der Waals surface area contributed by atoms with Crippen LogP contribution in [0.3, 0.4) is 0 Å². The largest absolute Gasteiger partial charge is 0.472 e. The lowest BCUT2D eigenvalue weighted by atomic mass is 10.0. The highest BCUT2D eigenvalue weighted by Crippen LogP contribution is 2.45. The second-order valence-electron chi connectivity index (χ2n) is 31.4. The molecule has 17 nitrogen and oxygen atoms in total. The quantitative estimate of drug-likeness (QED) is 0.0222. The van der Waals surface area contributed by atoms with E-state index in [1.165, 1.54) is 218 Å². The monoisotopic (exact) mass is 1480 g/mol. The molecule has 600 valence electrons. The van der Waals surface area contributed by atoms with Crippen molar-refractivity contribution in [3.05, 3.63) is 0 Å². The van der Waals surface area contributed by atoms with E-state index in [9.17, 15) is 43.2 Å². The molecule has 0 aliphatic carbocycles. The van der Waals surface area contributed by atoms with Crippen LogP contribution >= 0.6 is 15.6 Å². The van der Waals surface area contributed by atoms with E-state index >= 15 is 0 Å². The maximum absolute atomic E-state index is 13.1. The summed E-state index contributed by atoms with van der Waals surface area (Å²) in [6.45, 7) is 14.3. The van der Waals surface area contributed by atoms with E-state index in [4.69, 9.17) is 37.0 Å². The number of hydrogen-bond acceptors (Lipinski definition) is 15. The Labute approximate surface area is 619 Å². The van der Waals surface area contributed by atoms with Crippen molar-refractivity contribution in [3.63, 3.8) is 0 Å². The van der Waals surface area contributed by atoms with Crippen molar-refractivity contribution in [1.82, 2.24) is 0 Å². The van der Waals surface area contributed by atoms with Crippen LogP contribution in [-0.2, 0) is 65.4 Å². The van der Waals surface area contributed by atoms with E-state index in [0.29, 0.717) is 31.6 Å². The number of phosphoric acid groups is 2. The van der Waals surface area contributed by atoms with E-state index < -0.39 is 97.5 Å². The molecule has 0 fully saturated rings. The summed E-state index contributed by atoms with van der Waals surface area (Å²) >= 11 is 0. The molecule has 3 unspecified atom stereocenters. The number of esters is 4. The molecule has 0 amide bonds. The van der Waals surface area contributed by atoms with Crippen LogP contribution in [0.25, 0.3) is 0 Å². The Bertz CT molecular complexity index is 1970. The van der Waals surface area contributed by atoms with Gasteiger partial charge in [-0.15, -0.1) is 0 Å². The summed E-state index contributed by atoms with van der Waals surface area (Å²) < 4.78 is 68.8. The number of rotatable bonds is 79. The lowest BCUT2D eigenvalue weighted by molar-refractivity contribution is -0.161. The van der Waals surface area contributed by atoms with Crippen LogP contribution < -0.4 is 0 Å². The molecule has 0 radical (unpaired) electrons. The number of hydrogen-bond donors (Lipinski definition) is 3. The zero-order valence-corrected chi connectivity index (χ0v) is 68.3. The molecule has 0 aromatic heterocycles. The van der Waals surface area contributed by atoms with Crippen LogP contribution in [-0.4, -0.2) is 96.7 Å². The maximum Gasteiger partial charge on any atom is 0.472 e. The number of unbranched alkanes of at least 4 members (excludes halogenated alkanes) is 45. The highest BCUT2D eigenvalue weighted by molar-refractivity contribution is 7.47. The molecule has 0 aliphatic rings. The van der Waals surface area contributed by atoms with Crippen LogP contribution in [0.4, 0.5) is 0 Å². The average molecular weight is 1480 g/mol. The Morgan fingerprint density at radius 2 is 0.416 bits per heavy atom. The smallest absolute Gasteiger partial charge is 0.462 e. The highest BCUT2D eigenvalue weighted by atomic mass is 31.2. The molecule has 19 heteroatoms. The third-order valence-electron chi connectivity index (χ3n) is 19.1. The van der Waals surface area contributed by atoms with Gasteiger partial charge in [0.05, 0.1) is 26.4 Å². The molecule has 101 heavy (non-hydrogen) atoms. The van der Waals surface area contributed by atoms with Gasteiger partial charge in [0.15, 0.2) is 12.2 Å². The maximum atomic E-state index is 13.1. The predicted octanol–water partition coefficient (Wildman–Crippen LogP) is 24.4. The summed E-state index contributed by atoms with van der Waals surface area (Å²) in [6, 6.07) is 0. The molecule has 0 bridgehead atoms. The van der Waals surface area contributed by atoms with Crippen LogP contribution in [0, 0.1) is 23.7 Å². The minimum Gasteiger partial charge on any atom is -0.462 e. The fourth-order valence-electron chi connectivity index (χ4n) is 12.6. The topological polar surface area (TPSA) is 237 Å². The van der Waals surface area contributed by atoms with Crippen molar-refractivity contribution < 1.29 is 80.2 Å². The number of carbonyl (C=O) groups is 4. The van der Waals surface area contributed by atoms with Gasteiger partial charge in [0, 0.05) is 25.7 Å². The Morgan fingerprint density at radius 1 is 0.248 bits per heavy atom. The van der Waals surface area contributed by atoms with Gasteiger partial charge in [-0.05, 0) is 49.4 Å². The van der Waals surface area contributed by atoms with Gasteiger partial charge in [0.1, 0.15) is 19.3 Å². The van der Waals surface area contributed by atoms with Crippen molar-refractivity contribution in [1.29, 1.82) is 0 Å². The van der Waals surface area contributed by atoms with Gasteiger partial charge in [0.25, 0.3) is 0 Å². The van der Waals surface area contributed by atoms with Crippen LogP contribution in [0.2, 0.25) is 0 Å². The van der Waals surface area contributed by atoms with Crippen LogP contribution in [0.5, 0.6) is 0 Å². The van der Waals surface area contributed by atoms with E-state index in [2.05, 4.69) is 55.4 Å². The van der Waals surface area contributed by atoms with Crippen molar-refractivity contribution in [2.45, 2.75) is 440 Å². The van der Waals surface area contributed by atoms with E-state index in [1.807, 2.05) is 0 Å². The van der Waals surface area contributed by atoms with Gasteiger partial charge in [-0.1, -0.05) is 370 Å². The molecular weight excluding hydrogens is 1320 g/mol. The molecule has 0 rings (SSSR count). The summed E-state index contributed by atoms with van der Waals surface area (Å²) in [5.74, 6) is 0.978. The van der Waals surface area contributed by atoms with Gasteiger partial charge in [-0.2, -0.15) is 0 Å². The third kappa shape index (κ3) is 76.1. The Kier molecular flexibility index (Phi) is 69.6. The molecule has 0 saturated carbocycles. The first-order valence-electron chi connectivity index (χ1n) is 42.2. The molecule has 0 aromatic carbocycles. The van der Waals surface area contributed by atoms with Crippen molar-refractivity contribution in [3.8, 4) is 0 Å². The molecule has 0 spiro atoms. The average Bonchev–Trinajstić information content (AvgIpc) is 0.926. The second kappa shape index (κ2) is 71.0. The SMILES string of the molecule is CC(C)CCCCCCCCCCCCCCCCCCC(=O)O[C@H](COC(=O)CCCCCCCCCC(C)C)COP(=O)(O)OCC(O)COP(=O)(O)OC[C@@H](COC(=O)CCCCCCCCCCCCCCC(C)C)OC(=O)CCCCCCCCCCCCCCCCC(C)C. The summed E-state index contributed by atoms with van der Waals surface area (Å²) in [6.07, 6.45) is 58.3. The van der Waals surface area contributed by atoms with Gasteiger partial charge in [-0.25, -0.2) is 9.13 Å². The summed E-state index contributed by atoms with van der Waals surface area (Å²) in [4.78, 5) is 73.1. The van der Waals surface area contributed by atoms with E-state index in [-0.39, 0.29) is 25.7 Å². The molecule has 3 N–H and O–H groups in total. The first kappa shape index (κ1) is 99.1. The van der Waals surface area contributed by atoms with Gasteiger partial charge >= 0.3 is 39.5 Å². The summed E-state index contributed by atoms with van der Waals surface area (Å²) in [5.41, 5.74) is 0. The lowest BCUT2D eigenvalue weighted by Crippen LogP contribution is -2.30. The third-order valence-corrected chi connectivity index (χ3v) is 21.0. The van der Waals surface area contributed by atoms with E-state index in [1.54, 1.807) is 0 Å². The highest BCUT2D eigenvalue weighted by Gasteiger charge is 2.30. The molecule has 0 aliphatic heterocycles. The molecule has 5 atom stereocenters. The number of carbonyl (C=O) groups excluding carboxylic acids is 4. The molecule has 0 aromatic rings. The number of ether oxygens (including phenoxy) is 4. The second-order valence-corrected chi connectivity index (χ2v) is 34.3. The first-order chi connectivity index (χ1) is 48.6. The van der Waals surface area contributed by atoms with Crippen molar-refractivity contribution in [2.75, 3.05) is 39.6 Å². The number of aliphatic hydroxyl groups excluding tert-OH is 1. The zero-order valence-electron chi connectivity index (χ0n) is 66.5. The molecular formula is C82H160O17P2. The van der Waals surface area contributed by atoms with Crippen molar-refractivity contribution >= 4 is 39.5 Å². The van der Waals surface area contributed by atoms with Gasteiger partial charge in [-0.3, -0.25) is 37.3 Å². The van der Waals surface area contributed by atoms with E-state index in [0.717, 1.165) is 114 Å². The normalized spacial score (nSPS) is 14.0. The Hall–Kier alpha value is -1.94. The fourth-order valence-corrected chi connectivity index (χ4v) is 14.2. The minimum absolute atomic E-state index is 0.107. The summed E-state index contributed by atoms with van der Waals surface area (Å²) in [7, 11) is -9.92. The van der Waals surface area contributed by atoms with Gasteiger partial charge in [0.2, 0.25) is 0 Å². The molecule has 0 saturated heterocycles. The Balaban J connectivity index is 5.23. The minimum atomic E-state index is -4.96. The standard InChI is InChI=1S/C82H160O17P2/c1-72(2)58-50-42-34-27-21-15-11-9-10-12-17-25-31-39-48-56-64-82(87)99-78(69-93-80(85)63-55-47-41-33-37-45-53-61-75(7)8)71-97-101(90,91)95-67-76(83)66-94-100(88,89)96-70-77(68-92-79(84)62-54-46-38-30-24-20-19-23-29-36-44-52-60-74(5)6)98-81(86)65-57-49-40-32-26-18-14-13-16-22-28-35-43-51-59-73(3)4/h72-78,83H,9-71H2,1-8H3,(H,88,89)(H,90,91)/t76?,77-,78-/m1/s1. The first-order valence-corrected chi connectivity index (χ1v) is 45.2.